The molecular weight excluding hydrogens is 246 g/mol. The van der Waals surface area contributed by atoms with Gasteiger partial charge < -0.3 is 16.6 Å². The van der Waals surface area contributed by atoms with Crippen molar-refractivity contribution < 1.29 is 14.7 Å². The number of amides is 2. The summed E-state index contributed by atoms with van der Waals surface area (Å²) >= 11 is 0. The number of phenols is 1. The van der Waals surface area contributed by atoms with Gasteiger partial charge in [0.2, 0.25) is 11.8 Å². The molecule has 0 spiro atoms. The Morgan fingerprint density at radius 1 is 1.26 bits per heavy atom. The van der Waals surface area contributed by atoms with Gasteiger partial charge in [0.1, 0.15) is 5.75 Å². The van der Waals surface area contributed by atoms with Gasteiger partial charge in [-0.25, -0.2) is 0 Å². The first-order valence-corrected chi connectivity index (χ1v) is 6.10. The van der Waals surface area contributed by atoms with Crippen LogP contribution in [0.5, 0.6) is 5.75 Å². The van der Waals surface area contributed by atoms with Gasteiger partial charge in [-0.2, -0.15) is 0 Å². The molecule has 6 heteroatoms. The highest BCUT2D eigenvalue weighted by molar-refractivity contribution is 5.98. The zero-order valence-electron chi connectivity index (χ0n) is 10.6. The van der Waals surface area contributed by atoms with Crippen LogP contribution in [0.4, 0.5) is 0 Å². The molecule has 0 heterocycles. The molecule has 6 N–H and O–H groups in total. The Morgan fingerprint density at radius 3 is 2.47 bits per heavy atom. The van der Waals surface area contributed by atoms with Crippen LogP contribution in [0.15, 0.2) is 24.3 Å². The number of carbonyl (C=O) groups excluding carboxylic acids is 2. The van der Waals surface area contributed by atoms with E-state index in [0.29, 0.717) is 24.9 Å². The summed E-state index contributed by atoms with van der Waals surface area (Å²) in [6.07, 6.45) is 1.16. The maximum atomic E-state index is 11.6. The fourth-order valence-corrected chi connectivity index (χ4v) is 1.54. The quantitative estimate of drug-likeness (QED) is 0.560. The van der Waals surface area contributed by atoms with Gasteiger partial charge in [0.15, 0.2) is 0 Å². The van der Waals surface area contributed by atoms with Crippen molar-refractivity contribution in [3.05, 3.63) is 29.8 Å². The SMILES string of the molecule is NCCC[C@H](N)C(=O)NC(=O)Cc1ccc(O)cc1. The molecule has 0 saturated carbocycles. The van der Waals surface area contributed by atoms with E-state index in [-0.39, 0.29) is 12.2 Å². The molecule has 2 amide bonds. The van der Waals surface area contributed by atoms with Crippen molar-refractivity contribution in [1.29, 1.82) is 0 Å². The molecule has 0 fully saturated rings. The standard InChI is InChI=1S/C13H19N3O3/c14-7-1-2-11(15)13(19)16-12(18)8-9-3-5-10(17)6-4-9/h3-6,11,17H,1-2,7-8,14-15H2,(H,16,18,19)/t11-/m0/s1. The number of imide groups is 1. The molecule has 0 radical (unpaired) electrons. The number of benzene rings is 1. The summed E-state index contributed by atoms with van der Waals surface area (Å²) in [7, 11) is 0. The van der Waals surface area contributed by atoms with E-state index in [9.17, 15) is 9.59 Å². The normalized spacial score (nSPS) is 11.9. The van der Waals surface area contributed by atoms with Crippen molar-refractivity contribution in [2.45, 2.75) is 25.3 Å². The van der Waals surface area contributed by atoms with Crippen molar-refractivity contribution in [1.82, 2.24) is 5.32 Å². The van der Waals surface area contributed by atoms with E-state index < -0.39 is 17.9 Å². The maximum Gasteiger partial charge on any atom is 0.243 e. The predicted octanol–water partition coefficient (Wildman–Crippen LogP) is -0.356. The molecule has 0 unspecified atom stereocenters. The zero-order chi connectivity index (χ0) is 14.3. The Kier molecular flexibility index (Phi) is 5.98. The van der Waals surface area contributed by atoms with Gasteiger partial charge in [0.25, 0.3) is 0 Å². The first-order chi connectivity index (χ1) is 9.02. The highest BCUT2D eigenvalue weighted by atomic mass is 16.3. The van der Waals surface area contributed by atoms with Crippen LogP contribution in [-0.4, -0.2) is 29.5 Å². The van der Waals surface area contributed by atoms with Crippen LogP contribution < -0.4 is 16.8 Å². The van der Waals surface area contributed by atoms with Gasteiger partial charge in [0.05, 0.1) is 12.5 Å². The van der Waals surface area contributed by atoms with Gasteiger partial charge in [-0.15, -0.1) is 0 Å². The number of hydrogen-bond donors (Lipinski definition) is 4. The van der Waals surface area contributed by atoms with Crippen LogP contribution in [0.25, 0.3) is 0 Å². The average Bonchev–Trinajstić information content (AvgIpc) is 2.38. The number of hydrogen-bond acceptors (Lipinski definition) is 5. The van der Waals surface area contributed by atoms with Gasteiger partial charge in [-0.3, -0.25) is 14.9 Å². The van der Waals surface area contributed by atoms with Crippen LogP contribution in [0.3, 0.4) is 0 Å². The molecule has 0 saturated heterocycles. The molecule has 104 valence electrons. The maximum absolute atomic E-state index is 11.6. The lowest BCUT2D eigenvalue weighted by atomic mass is 10.1. The number of nitrogens with two attached hydrogens (primary N) is 2. The second-order valence-corrected chi connectivity index (χ2v) is 4.29. The van der Waals surface area contributed by atoms with E-state index in [1.165, 1.54) is 12.1 Å². The summed E-state index contributed by atoms with van der Waals surface area (Å²) in [5.41, 5.74) is 11.6. The molecule has 0 bridgehead atoms. The van der Waals surface area contributed by atoms with Crippen LogP contribution in [0, 0.1) is 0 Å². The first-order valence-electron chi connectivity index (χ1n) is 6.10. The number of phenolic OH excluding ortho intramolecular Hbond substituents is 1. The second-order valence-electron chi connectivity index (χ2n) is 4.29. The molecule has 0 aromatic heterocycles. The Balaban J connectivity index is 2.42. The Bertz CT molecular complexity index is 431. The molecule has 1 atom stereocenters. The minimum atomic E-state index is -0.715. The Hall–Kier alpha value is -1.92. The summed E-state index contributed by atoms with van der Waals surface area (Å²) in [4.78, 5) is 23.2. The number of nitrogens with one attached hydrogen (secondary N) is 1. The smallest absolute Gasteiger partial charge is 0.243 e. The highest BCUT2D eigenvalue weighted by Crippen LogP contribution is 2.09. The molecular formula is C13H19N3O3. The lowest BCUT2D eigenvalue weighted by Crippen LogP contribution is -2.44. The summed E-state index contributed by atoms with van der Waals surface area (Å²) in [5, 5.41) is 11.4. The molecule has 0 aliphatic heterocycles. The van der Waals surface area contributed by atoms with E-state index in [1.54, 1.807) is 12.1 Å². The van der Waals surface area contributed by atoms with E-state index in [2.05, 4.69) is 5.32 Å². The summed E-state index contributed by atoms with van der Waals surface area (Å²) < 4.78 is 0. The number of rotatable bonds is 6. The minimum absolute atomic E-state index is 0.0651. The fraction of sp³-hybridized carbons (Fsp3) is 0.385. The minimum Gasteiger partial charge on any atom is -0.508 e. The summed E-state index contributed by atoms with van der Waals surface area (Å²) in [5.74, 6) is -0.778. The molecule has 19 heavy (non-hydrogen) atoms. The topological polar surface area (TPSA) is 118 Å². The highest BCUT2D eigenvalue weighted by Gasteiger charge is 2.15. The summed E-state index contributed by atoms with van der Waals surface area (Å²) in [6.45, 7) is 0.461. The van der Waals surface area contributed by atoms with E-state index >= 15 is 0 Å². The zero-order valence-corrected chi connectivity index (χ0v) is 10.6. The van der Waals surface area contributed by atoms with Gasteiger partial charge >= 0.3 is 0 Å². The van der Waals surface area contributed by atoms with Gasteiger partial charge in [0, 0.05) is 0 Å². The Labute approximate surface area is 111 Å². The average molecular weight is 265 g/mol. The lowest BCUT2D eigenvalue weighted by molar-refractivity contribution is -0.130. The third kappa shape index (κ3) is 5.50. The largest absolute Gasteiger partial charge is 0.508 e. The van der Waals surface area contributed by atoms with Crippen LogP contribution in [0.1, 0.15) is 18.4 Å². The second kappa shape index (κ2) is 7.50. The monoisotopic (exact) mass is 265 g/mol. The molecule has 1 aromatic carbocycles. The summed E-state index contributed by atoms with van der Waals surface area (Å²) in [6, 6.07) is 5.49. The third-order valence-corrected chi connectivity index (χ3v) is 2.62. The van der Waals surface area contributed by atoms with Crippen LogP contribution in [0.2, 0.25) is 0 Å². The number of carbonyl (C=O) groups is 2. The van der Waals surface area contributed by atoms with Gasteiger partial charge in [-0.1, -0.05) is 12.1 Å². The van der Waals surface area contributed by atoms with E-state index in [1.807, 2.05) is 0 Å². The van der Waals surface area contributed by atoms with Crippen molar-refractivity contribution in [3.63, 3.8) is 0 Å². The lowest BCUT2D eigenvalue weighted by Gasteiger charge is -2.10. The molecule has 0 aliphatic rings. The van der Waals surface area contributed by atoms with Crippen molar-refractivity contribution in [2.75, 3.05) is 6.54 Å². The third-order valence-electron chi connectivity index (χ3n) is 2.62. The van der Waals surface area contributed by atoms with E-state index in [0.717, 1.165) is 0 Å². The van der Waals surface area contributed by atoms with Crippen LogP contribution in [-0.2, 0) is 16.0 Å². The molecule has 6 nitrogen and oxygen atoms in total. The number of aromatic hydroxyl groups is 1. The van der Waals surface area contributed by atoms with Crippen molar-refractivity contribution >= 4 is 11.8 Å². The Morgan fingerprint density at radius 2 is 1.89 bits per heavy atom. The van der Waals surface area contributed by atoms with E-state index in [4.69, 9.17) is 16.6 Å². The molecule has 1 rings (SSSR count). The van der Waals surface area contributed by atoms with Crippen LogP contribution >= 0.6 is 0 Å². The molecule has 0 aliphatic carbocycles. The predicted molar refractivity (Wildman–Crippen MR) is 71.2 cm³/mol. The first kappa shape index (κ1) is 15.1. The molecule has 1 aromatic rings. The fourth-order valence-electron chi connectivity index (χ4n) is 1.54. The van der Waals surface area contributed by atoms with Gasteiger partial charge in [-0.05, 0) is 37.1 Å². The van der Waals surface area contributed by atoms with Crippen molar-refractivity contribution in [3.8, 4) is 5.75 Å². The van der Waals surface area contributed by atoms with Crippen molar-refractivity contribution in [2.24, 2.45) is 11.5 Å².